The third-order valence-corrected chi connectivity index (χ3v) is 9.98. The van der Waals surface area contributed by atoms with Crippen molar-refractivity contribution in [3.05, 3.63) is 169 Å². The van der Waals surface area contributed by atoms with Gasteiger partial charge in [-0.05, 0) is 71.5 Å². The van der Waals surface area contributed by atoms with Crippen LogP contribution in [0.5, 0.6) is 0 Å². The number of nitrogens with zero attached hydrogens (tertiary/aromatic N) is 4. The van der Waals surface area contributed by atoms with Gasteiger partial charge in [0, 0.05) is 17.4 Å². The molecule has 2 aromatic heterocycles. The maximum absolute atomic E-state index is 4.87. The van der Waals surface area contributed by atoms with Crippen LogP contribution in [-0.4, -0.2) is 16.2 Å². The van der Waals surface area contributed by atoms with Gasteiger partial charge in [0.1, 0.15) is 5.82 Å². The van der Waals surface area contributed by atoms with Crippen molar-refractivity contribution in [1.82, 2.24) is 9.55 Å². The van der Waals surface area contributed by atoms with Gasteiger partial charge in [0.2, 0.25) is 0 Å². The van der Waals surface area contributed by atoms with Crippen molar-refractivity contribution in [3.8, 4) is 16.9 Å². The summed E-state index contributed by atoms with van der Waals surface area (Å²) in [4.78, 5) is 11.6. The molecule has 0 bridgehead atoms. The molecule has 6 aromatic carbocycles. The van der Waals surface area contributed by atoms with Gasteiger partial charge in [0.25, 0.3) is 0 Å². The minimum atomic E-state index is 0. The van der Waals surface area contributed by atoms with Crippen molar-refractivity contribution >= 4 is 56.3 Å². The fraction of sp³-hybridized carbons (Fsp3) is 0.0465. The summed E-state index contributed by atoms with van der Waals surface area (Å²) < 4.78 is 2.25. The first kappa shape index (κ1) is 31.2. The Morgan fingerprint density at radius 3 is 2.22 bits per heavy atom. The average Bonchev–Trinajstić information content (AvgIpc) is 3.69. The summed E-state index contributed by atoms with van der Waals surface area (Å²) in [7, 11) is 0. The van der Waals surface area contributed by atoms with E-state index in [1.54, 1.807) is 11.8 Å². The molecule has 1 aliphatic heterocycles. The van der Waals surface area contributed by atoms with Crippen molar-refractivity contribution in [1.29, 1.82) is 0 Å². The second-order valence-corrected chi connectivity index (χ2v) is 13.1. The Morgan fingerprint density at radius 1 is 0.633 bits per heavy atom. The molecule has 9 rings (SSSR count). The van der Waals surface area contributed by atoms with Crippen LogP contribution in [0.15, 0.2) is 162 Å². The zero-order valence-electron chi connectivity index (χ0n) is 26.7. The normalized spacial score (nSPS) is 12.3. The molecule has 238 valence electrons. The number of para-hydroxylation sites is 4. The van der Waals surface area contributed by atoms with Crippen LogP contribution in [0.25, 0.3) is 38.8 Å². The molecule has 0 saturated carbocycles. The number of fused-ring (bicyclic) bond motifs is 4. The van der Waals surface area contributed by atoms with Gasteiger partial charge in [-0.15, -0.1) is 45.1 Å². The number of rotatable bonds is 6. The van der Waals surface area contributed by atoms with Crippen molar-refractivity contribution in [3.63, 3.8) is 0 Å². The van der Waals surface area contributed by atoms with Crippen LogP contribution < -0.4 is 9.80 Å². The molecule has 0 fully saturated rings. The molecule has 0 spiro atoms. The Labute approximate surface area is 304 Å². The minimum absolute atomic E-state index is 0. The van der Waals surface area contributed by atoms with Crippen LogP contribution in [0.3, 0.4) is 0 Å². The Balaban J connectivity index is 0.00000348. The molecule has 4 nitrogen and oxygen atoms in total. The van der Waals surface area contributed by atoms with Crippen LogP contribution in [0.2, 0.25) is 0 Å². The van der Waals surface area contributed by atoms with Crippen LogP contribution in [0, 0.1) is 19.1 Å². The molecular formula is C43H30N4PtS. The van der Waals surface area contributed by atoms with E-state index in [2.05, 4.69) is 179 Å². The summed E-state index contributed by atoms with van der Waals surface area (Å²) in [5, 5.41) is 2.35. The SMILES string of the molecule is Cc1ccccc1-c1ccnc(-n2c3[c-]c(Sc4[c-]c(N5CN(c6ccccc6)c6ccccc65)ccc4)ccc3c3ccccc32)c1.[Pt+2]. The second-order valence-electron chi connectivity index (χ2n) is 12.0. The number of aryl methyl sites for hydroxylation is 1. The summed E-state index contributed by atoms with van der Waals surface area (Å²) in [6.45, 7) is 2.88. The van der Waals surface area contributed by atoms with E-state index in [9.17, 15) is 0 Å². The zero-order chi connectivity index (χ0) is 32.0. The molecule has 8 aromatic rings. The Kier molecular flexibility index (Phi) is 8.33. The first-order valence-corrected chi connectivity index (χ1v) is 16.9. The molecule has 0 atom stereocenters. The quantitative estimate of drug-likeness (QED) is 0.156. The molecule has 1 aliphatic rings. The number of anilines is 4. The number of aromatic nitrogens is 2. The third kappa shape index (κ3) is 5.63. The summed E-state index contributed by atoms with van der Waals surface area (Å²) >= 11 is 1.68. The van der Waals surface area contributed by atoms with E-state index < -0.39 is 0 Å². The molecule has 0 saturated heterocycles. The first-order chi connectivity index (χ1) is 23.7. The molecule has 0 radical (unpaired) electrons. The van der Waals surface area contributed by atoms with Gasteiger partial charge in [-0.3, -0.25) is 0 Å². The van der Waals surface area contributed by atoms with E-state index in [4.69, 9.17) is 4.98 Å². The van der Waals surface area contributed by atoms with Gasteiger partial charge in [-0.25, -0.2) is 4.98 Å². The van der Waals surface area contributed by atoms with Gasteiger partial charge in [-0.1, -0.05) is 84.0 Å². The molecule has 3 heterocycles. The van der Waals surface area contributed by atoms with E-state index in [0.29, 0.717) is 0 Å². The van der Waals surface area contributed by atoms with Gasteiger partial charge in [0.05, 0.1) is 18.0 Å². The van der Waals surface area contributed by atoms with Crippen molar-refractivity contribution < 1.29 is 21.1 Å². The molecule has 0 aliphatic carbocycles. The van der Waals surface area contributed by atoms with Crippen LogP contribution >= 0.6 is 11.8 Å². The predicted molar refractivity (Wildman–Crippen MR) is 199 cm³/mol. The van der Waals surface area contributed by atoms with E-state index >= 15 is 0 Å². The van der Waals surface area contributed by atoms with Gasteiger partial charge < -0.3 is 14.4 Å². The van der Waals surface area contributed by atoms with Gasteiger partial charge in [0.15, 0.2) is 0 Å². The monoisotopic (exact) mass is 829 g/mol. The van der Waals surface area contributed by atoms with Crippen LogP contribution in [0.1, 0.15) is 5.56 Å². The zero-order valence-corrected chi connectivity index (χ0v) is 29.7. The maximum atomic E-state index is 4.87. The maximum Gasteiger partial charge on any atom is 2.00 e. The standard InChI is InChI=1S/C43H30N4S.Pt/c1-30-12-5-6-17-36(30)31-24-25-44-43(26-31)47-39-19-8-7-18-37(39)38-23-22-35(28-42(38)47)48-34-16-11-15-33(27-34)46-29-45(32-13-3-2-4-14-32)40-20-9-10-21-41(40)46;/h2-26H,29H2,1H3;/q-2;+2. The van der Waals surface area contributed by atoms with Crippen LogP contribution in [0.4, 0.5) is 22.7 Å². The van der Waals surface area contributed by atoms with E-state index in [1.807, 2.05) is 6.20 Å². The van der Waals surface area contributed by atoms with Crippen molar-refractivity contribution in [2.24, 2.45) is 0 Å². The number of hydrogen-bond donors (Lipinski definition) is 0. The Bertz CT molecular complexity index is 2460. The summed E-state index contributed by atoms with van der Waals surface area (Å²) in [6.07, 6.45) is 1.91. The van der Waals surface area contributed by atoms with E-state index in [1.165, 1.54) is 33.6 Å². The molecule has 6 heteroatoms. The minimum Gasteiger partial charge on any atom is -0.345 e. The van der Waals surface area contributed by atoms with Gasteiger partial charge >= 0.3 is 21.1 Å². The van der Waals surface area contributed by atoms with Gasteiger partial charge in [-0.2, -0.15) is 24.3 Å². The molecule has 0 amide bonds. The summed E-state index contributed by atoms with van der Waals surface area (Å²) in [5.74, 6) is 0.879. The summed E-state index contributed by atoms with van der Waals surface area (Å²) in [5.41, 5.74) is 10.3. The number of pyridine rings is 1. The second kappa shape index (κ2) is 13.1. The van der Waals surface area contributed by atoms with Crippen LogP contribution in [-0.2, 0) is 21.1 Å². The van der Waals surface area contributed by atoms with E-state index in [-0.39, 0.29) is 21.1 Å². The third-order valence-electron chi connectivity index (χ3n) is 9.07. The fourth-order valence-corrected chi connectivity index (χ4v) is 7.62. The molecule has 49 heavy (non-hydrogen) atoms. The van der Waals surface area contributed by atoms with Crippen molar-refractivity contribution in [2.75, 3.05) is 16.5 Å². The predicted octanol–water partition coefficient (Wildman–Crippen LogP) is 11.2. The fourth-order valence-electron chi connectivity index (χ4n) is 6.80. The largest absolute Gasteiger partial charge is 2.00 e. The summed E-state index contributed by atoms with van der Waals surface area (Å²) in [6, 6.07) is 58.8. The molecular weight excluding hydrogens is 800 g/mol. The van der Waals surface area contributed by atoms with Crippen molar-refractivity contribution in [2.45, 2.75) is 16.7 Å². The topological polar surface area (TPSA) is 24.3 Å². The number of hydrogen-bond acceptors (Lipinski definition) is 4. The Hall–Kier alpha value is -5.09. The molecule has 0 unspecified atom stereocenters. The smallest absolute Gasteiger partial charge is 0.345 e. The number of benzene rings is 6. The first-order valence-electron chi connectivity index (χ1n) is 16.1. The van der Waals surface area contributed by atoms with E-state index in [0.717, 1.165) is 49.9 Å². The average molecular weight is 830 g/mol. The Morgan fingerprint density at radius 2 is 1.37 bits per heavy atom. The molecule has 0 N–H and O–H groups in total.